The molecular formula is C16H26BrN3O. The van der Waals surface area contributed by atoms with Gasteiger partial charge in [-0.1, -0.05) is 13.8 Å². The van der Waals surface area contributed by atoms with Crippen molar-refractivity contribution in [3.63, 3.8) is 0 Å². The molecule has 118 valence electrons. The minimum absolute atomic E-state index is 0.0418. The maximum Gasteiger partial charge on any atom is 0.268 e. The molecule has 21 heavy (non-hydrogen) atoms. The molecule has 0 saturated heterocycles. The number of likely N-dealkylation sites (N-methyl/N-ethyl adjacent to an activating group) is 1. The standard InChI is InChI=1S/C16H26BrN3O/c1-11(2)7-13(10-19(3)4)18-16(21)15-8-12(17)9-20(15)14-5-6-14/h8-9,11,13-14H,5-7,10H2,1-4H3,(H,18,21). The molecule has 1 N–H and O–H groups in total. The fraction of sp³-hybridized carbons (Fsp3) is 0.688. The molecule has 2 rings (SSSR count). The molecule has 1 heterocycles. The van der Waals surface area contributed by atoms with Crippen molar-refractivity contribution in [2.24, 2.45) is 5.92 Å². The van der Waals surface area contributed by atoms with Crippen molar-refractivity contribution in [1.82, 2.24) is 14.8 Å². The monoisotopic (exact) mass is 355 g/mol. The summed E-state index contributed by atoms with van der Waals surface area (Å²) in [5.74, 6) is 0.609. The first-order valence-corrected chi connectivity index (χ1v) is 8.49. The summed E-state index contributed by atoms with van der Waals surface area (Å²) in [6.45, 7) is 5.26. The zero-order valence-corrected chi connectivity index (χ0v) is 15.0. The number of carbonyl (C=O) groups excluding carboxylic acids is 1. The van der Waals surface area contributed by atoms with Gasteiger partial charge < -0.3 is 14.8 Å². The Morgan fingerprint density at radius 3 is 2.67 bits per heavy atom. The molecule has 1 aliphatic rings. The summed E-state index contributed by atoms with van der Waals surface area (Å²) in [4.78, 5) is 14.7. The lowest BCUT2D eigenvalue weighted by Gasteiger charge is -2.24. The van der Waals surface area contributed by atoms with Crippen LogP contribution < -0.4 is 5.32 Å². The molecule has 1 aliphatic carbocycles. The lowest BCUT2D eigenvalue weighted by atomic mass is 10.0. The van der Waals surface area contributed by atoms with E-state index in [1.54, 1.807) is 0 Å². The molecule has 1 aromatic rings. The number of amides is 1. The maximum atomic E-state index is 12.6. The number of hydrogen-bond acceptors (Lipinski definition) is 2. The molecule has 1 atom stereocenters. The molecule has 0 spiro atoms. The molecule has 5 heteroatoms. The van der Waals surface area contributed by atoms with Crippen LogP contribution >= 0.6 is 15.9 Å². The van der Waals surface area contributed by atoms with E-state index in [0.29, 0.717) is 12.0 Å². The number of nitrogens with one attached hydrogen (secondary N) is 1. The number of rotatable bonds is 7. The largest absolute Gasteiger partial charge is 0.347 e. The Labute approximate surface area is 136 Å². The van der Waals surface area contributed by atoms with Gasteiger partial charge in [0.2, 0.25) is 0 Å². The first-order chi connectivity index (χ1) is 9.86. The summed E-state index contributed by atoms with van der Waals surface area (Å²) in [5.41, 5.74) is 0.775. The molecule has 0 radical (unpaired) electrons. The Morgan fingerprint density at radius 2 is 2.14 bits per heavy atom. The van der Waals surface area contributed by atoms with E-state index in [1.807, 2.05) is 26.4 Å². The van der Waals surface area contributed by atoms with Crippen molar-refractivity contribution in [3.05, 3.63) is 22.4 Å². The van der Waals surface area contributed by atoms with Crippen molar-refractivity contribution in [2.45, 2.75) is 45.2 Å². The summed E-state index contributed by atoms with van der Waals surface area (Å²) >= 11 is 3.49. The van der Waals surface area contributed by atoms with Crippen LogP contribution in [0.2, 0.25) is 0 Å². The quantitative estimate of drug-likeness (QED) is 0.814. The number of hydrogen-bond donors (Lipinski definition) is 1. The van der Waals surface area contributed by atoms with Gasteiger partial charge in [0.25, 0.3) is 5.91 Å². The van der Waals surface area contributed by atoms with Gasteiger partial charge in [-0.25, -0.2) is 0 Å². The summed E-state index contributed by atoms with van der Waals surface area (Å²) in [5, 5.41) is 3.21. The maximum absolute atomic E-state index is 12.6. The van der Waals surface area contributed by atoms with Crippen molar-refractivity contribution in [1.29, 1.82) is 0 Å². The van der Waals surface area contributed by atoms with Crippen LogP contribution in [0.25, 0.3) is 0 Å². The summed E-state index contributed by atoms with van der Waals surface area (Å²) in [6, 6.07) is 2.62. The first-order valence-electron chi connectivity index (χ1n) is 7.69. The van der Waals surface area contributed by atoms with E-state index in [-0.39, 0.29) is 11.9 Å². The van der Waals surface area contributed by atoms with Gasteiger partial charge in [-0.15, -0.1) is 0 Å². The van der Waals surface area contributed by atoms with Gasteiger partial charge in [-0.2, -0.15) is 0 Å². The second-order valence-corrected chi connectivity index (χ2v) is 7.66. The molecule has 0 bridgehead atoms. The number of carbonyl (C=O) groups is 1. The van der Waals surface area contributed by atoms with Crippen molar-refractivity contribution < 1.29 is 4.79 Å². The Hall–Kier alpha value is -0.810. The average molecular weight is 356 g/mol. The molecule has 4 nitrogen and oxygen atoms in total. The Balaban J connectivity index is 2.07. The molecular weight excluding hydrogens is 330 g/mol. The lowest BCUT2D eigenvalue weighted by Crippen LogP contribution is -2.43. The van der Waals surface area contributed by atoms with Crippen LogP contribution in [0.3, 0.4) is 0 Å². The predicted octanol–water partition coefficient (Wildman–Crippen LogP) is 3.29. The van der Waals surface area contributed by atoms with Crippen LogP contribution in [0, 0.1) is 5.92 Å². The van der Waals surface area contributed by atoms with Crippen LogP contribution in [0.15, 0.2) is 16.7 Å². The van der Waals surface area contributed by atoms with Crippen molar-refractivity contribution >= 4 is 21.8 Å². The number of halogens is 1. The minimum atomic E-state index is 0.0418. The Kier molecular flexibility index (Phi) is 5.49. The van der Waals surface area contributed by atoms with Crippen LogP contribution in [-0.2, 0) is 0 Å². The van der Waals surface area contributed by atoms with Crippen LogP contribution in [0.5, 0.6) is 0 Å². The highest BCUT2D eigenvalue weighted by atomic mass is 79.9. The summed E-state index contributed by atoms with van der Waals surface area (Å²) < 4.78 is 3.09. The first kappa shape index (κ1) is 16.6. The second kappa shape index (κ2) is 6.97. The average Bonchev–Trinajstić information content (AvgIpc) is 3.10. The molecule has 1 amide bonds. The summed E-state index contributed by atoms with van der Waals surface area (Å²) in [6.07, 6.45) is 5.37. The highest BCUT2D eigenvalue weighted by Gasteiger charge is 2.28. The topological polar surface area (TPSA) is 37.3 Å². The Morgan fingerprint density at radius 1 is 1.48 bits per heavy atom. The van der Waals surface area contributed by atoms with Crippen LogP contribution in [-0.4, -0.2) is 42.1 Å². The fourth-order valence-electron chi connectivity index (χ4n) is 2.73. The van der Waals surface area contributed by atoms with Gasteiger partial charge in [0.05, 0.1) is 0 Å². The summed E-state index contributed by atoms with van der Waals surface area (Å²) in [7, 11) is 4.09. The number of aromatic nitrogens is 1. The molecule has 1 saturated carbocycles. The van der Waals surface area contributed by atoms with E-state index >= 15 is 0 Å². The van der Waals surface area contributed by atoms with E-state index in [0.717, 1.165) is 23.1 Å². The normalized spacial score (nSPS) is 16.5. The van der Waals surface area contributed by atoms with Gasteiger partial charge in [-0.3, -0.25) is 4.79 Å². The zero-order chi connectivity index (χ0) is 15.6. The highest BCUT2D eigenvalue weighted by Crippen LogP contribution is 2.37. The minimum Gasteiger partial charge on any atom is -0.347 e. The predicted molar refractivity (Wildman–Crippen MR) is 89.7 cm³/mol. The van der Waals surface area contributed by atoms with Gasteiger partial charge in [-0.05, 0) is 61.3 Å². The molecule has 1 fully saturated rings. The van der Waals surface area contributed by atoms with Gasteiger partial charge in [0.1, 0.15) is 5.69 Å². The van der Waals surface area contributed by atoms with Crippen LogP contribution in [0.1, 0.15) is 49.6 Å². The van der Waals surface area contributed by atoms with Gasteiger partial charge in [0.15, 0.2) is 0 Å². The smallest absolute Gasteiger partial charge is 0.268 e. The molecule has 1 unspecified atom stereocenters. The van der Waals surface area contributed by atoms with Crippen molar-refractivity contribution in [2.75, 3.05) is 20.6 Å². The van der Waals surface area contributed by atoms with Gasteiger partial charge >= 0.3 is 0 Å². The van der Waals surface area contributed by atoms with E-state index < -0.39 is 0 Å². The third kappa shape index (κ3) is 4.85. The third-order valence-electron chi connectivity index (χ3n) is 3.66. The number of nitrogens with zero attached hydrogens (tertiary/aromatic N) is 2. The Bertz CT molecular complexity index is 482. The molecule has 1 aromatic heterocycles. The lowest BCUT2D eigenvalue weighted by molar-refractivity contribution is 0.0915. The third-order valence-corrected chi connectivity index (χ3v) is 4.10. The van der Waals surface area contributed by atoms with E-state index in [9.17, 15) is 4.79 Å². The zero-order valence-electron chi connectivity index (χ0n) is 13.4. The van der Waals surface area contributed by atoms with E-state index in [4.69, 9.17) is 0 Å². The highest BCUT2D eigenvalue weighted by molar-refractivity contribution is 9.10. The SMILES string of the molecule is CC(C)CC(CN(C)C)NC(=O)c1cc(Br)cn1C1CC1. The van der Waals surface area contributed by atoms with E-state index in [1.165, 1.54) is 12.8 Å². The van der Waals surface area contributed by atoms with Gasteiger partial charge in [0, 0.05) is 29.3 Å². The molecule has 0 aromatic carbocycles. The second-order valence-electron chi connectivity index (χ2n) is 6.74. The van der Waals surface area contributed by atoms with Crippen LogP contribution in [0.4, 0.5) is 0 Å². The molecule has 0 aliphatic heterocycles. The van der Waals surface area contributed by atoms with Crippen molar-refractivity contribution in [3.8, 4) is 0 Å². The van der Waals surface area contributed by atoms with E-state index in [2.05, 4.69) is 44.6 Å². The fourth-order valence-corrected chi connectivity index (χ4v) is 3.17.